The molecule has 1 unspecified atom stereocenters. The smallest absolute Gasteiger partial charge is 0.0363 e. The summed E-state index contributed by atoms with van der Waals surface area (Å²) in [6, 6.07) is 9.53. The zero-order valence-corrected chi connectivity index (χ0v) is 13.1. The molecule has 1 N–H and O–H groups in total. The van der Waals surface area contributed by atoms with E-state index in [0.29, 0.717) is 6.04 Å². The van der Waals surface area contributed by atoms with Gasteiger partial charge in [0.25, 0.3) is 0 Å². The summed E-state index contributed by atoms with van der Waals surface area (Å²) in [6.45, 7) is 8.83. The van der Waals surface area contributed by atoms with Gasteiger partial charge in [0, 0.05) is 25.3 Å². The molecule has 1 rings (SSSR count). The van der Waals surface area contributed by atoms with Crippen molar-refractivity contribution in [2.45, 2.75) is 52.5 Å². The molecule has 0 saturated heterocycles. The first-order chi connectivity index (χ1) is 9.22. The lowest BCUT2D eigenvalue weighted by Gasteiger charge is -2.21. The number of nitrogens with one attached hydrogen (secondary N) is 1. The van der Waals surface area contributed by atoms with Crippen molar-refractivity contribution in [1.29, 1.82) is 0 Å². The van der Waals surface area contributed by atoms with Crippen molar-refractivity contribution < 1.29 is 0 Å². The van der Waals surface area contributed by atoms with Gasteiger partial charge >= 0.3 is 0 Å². The van der Waals surface area contributed by atoms with Crippen LogP contribution in [-0.4, -0.2) is 20.1 Å². The normalized spacial score (nSPS) is 12.4. The highest BCUT2D eigenvalue weighted by Crippen LogP contribution is 2.20. The number of nitrogens with zero attached hydrogens (tertiary/aromatic N) is 1. The largest absolute Gasteiger partial charge is 0.375 e. The first kappa shape index (κ1) is 16.0. The Morgan fingerprint density at radius 3 is 2.26 bits per heavy atom. The van der Waals surface area contributed by atoms with Gasteiger partial charge < -0.3 is 10.2 Å². The lowest BCUT2D eigenvalue weighted by molar-refractivity contribution is 0.537. The van der Waals surface area contributed by atoms with E-state index in [4.69, 9.17) is 0 Å². The Bertz CT molecular complexity index is 332. The molecule has 1 atom stereocenters. The highest BCUT2D eigenvalue weighted by atomic mass is 15.1. The third-order valence-electron chi connectivity index (χ3n) is 3.69. The maximum atomic E-state index is 3.53. The van der Waals surface area contributed by atoms with Crippen molar-refractivity contribution in [2.75, 3.05) is 25.0 Å². The van der Waals surface area contributed by atoms with Crippen molar-refractivity contribution in [3.8, 4) is 0 Å². The van der Waals surface area contributed by atoms with Crippen LogP contribution in [0.15, 0.2) is 24.3 Å². The molecule has 0 bridgehead atoms. The Balaban J connectivity index is 2.59. The second kappa shape index (κ2) is 8.98. The van der Waals surface area contributed by atoms with Gasteiger partial charge in [-0.1, -0.05) is 45.7 Å². The lowest BCUT2D eigenvalue weighted by atomic mass is 10.0. The van der Waals surface area contributed by atoms with Gasteiger partial charge in [-0.05, 0) is 37.1 Å². The molecule has 0 heterocycles. The molecule has 2 nitrogen and oxygen atoms in total. The van der Waals surface area contributed by atoms with Gasteiger partial charge in [0.2, 0.25) is 0 Å². The highest BCUT2D eigenvalue weighted by Gasteiger charge is 2.08. The molecule has 0 amide bonds. The van der Waals surface area contributed by atoms with Crippen molar-refractivity contribution in [2.24, 2.45) is 0 Å². The van der Waals surface area contributed by atoms with Crippen LogP contribution in [0, 0.1) is 0 Å². The van der Waals surface area contributed by atoms with E-state index < -0.39 is 0 Å². The molecule has 1 aromatic rings. The lowest BCUT2D eigenvalue weighted by Crippen LogP contribution is -2.21. The average molecular weight is 262 g/mol. The third-order valence-corrected chi connectivity index (χ3v) is 3.69. The highest BCUT2D eigenvalue weighted by molar-refractivity contribution is 5.47. The maximum Gasteiger partial charge on any atom is 0.0363 e. The molecular weight excluding hydrogens is 232 g/mol. The number of rotatable bonds is 9. The van der Waals surface area contributed by atoms with E-state index in [-0.39, 0.29) is 0 Å². The third kappa shape index (κ3) is 5.23. The molecule has 108 valence electrons. The molecule has 0 aliphatic carbocycles. The van der Waals surface area contributed by atoms with Crippen LogP contribution in [0.5, 0.6) is 0 Å². The first-order valence-corrected chi connectivity index (χ1v) is 7.77. The van der Waals surface area contributed by atoms with Gasteiger partial charge in [-0.25, -0.2) is 0 Å². The second-order valence-corrected chi connectivity index (χ2v) is 5.24. The van der Waals surface area contributed by atoms with Crippen LogP contribution in [0.2, 0.25) is 0 Å². The summed E-state index contributed by atoms with van der Waals surface area (Å²) >= 11 is 0. The van der Waals surface area contributed by atoms with E-state index in [0.717, 1.165) is 19.5 Å². The van der Waals surface area contributed by atoms with E-state index in [1.807, 2.05) is 0 Å². The zero-order valence-electron chi connectivity index (χ0n) is 13.1. The van der Waals surface area contributed by atoms with Crippen molar-refractivity contribution in [3.05, 3.63) is 29.8 Å². The van der Waals surface area contributed by atoms with Gasteiger partial charge in [-0.2, -0.15) is 0 Å². The predicted molar refractivity (Wildman–Crippen MR) is 85.9 cm³/mol. The van der Waals surface area contributed by atoms with E-state index in [2.05, 4.69) is 62.3 Å². The monoisotopic (exact) mass is 262 g/mol. The fraction of sp³-hybridized carbons (Fsp3) is 0.647. The zero-order chi connectivity index (χ0) is 14.1. The van der Waals surface area contributed by atoms with Gasteiger partial charge in [-0.3, -0.25) is 0 Å². The summed E-state index contributed by atoms with van der Waals surface area (Å²) in [5.41, 5.74) is 2.72. The van der Waals surface area contributed by atoms with E-state index in [1.54, 1.807) is 0 Å². The second-order valence-electron chi connectivity index (χ2n) is 5.24. The number of unbranched alkanes of at least 4 members (excludes halogenated alkanes) is 2. The molecule has 19 heavy (non-hydrogen) atoms. The fourth-order valence-electron chi connectivity index (χ4n) is 2.43. The summed E-state index contributed by atoms with van der Waals surface area (Å²) in [7, 11) is 2.19. The number of anilines is 1. The Kier molecular flexibility index (Phi) is 7.57. The standard InChI is InChI=1S/C17H30N2/c1-5-8-9-14-19(4)16-12-10-15(11-13-16)17(6-2)18-7-3/h10-13,17-18H,5-9,14H2,1-4H3. The Hall–Kier alpha value is -1.02. The van der Waals surface area contributed by atoms with Gasteiger partial charge in [0.1, 0.15) is 0 Å². The van der Waals surface area contributed by atoms with Crippen LogP contribution in [-0.2, 0) is 0 Å². The molecule has 0 aromatic heterocycles. The van der Waals surface area contributed by atoms with Crippen LogP contribution < -0.4 is 10.2 Å². The van der Waals surface area contributed by atoms with Crippen molar-refractivity contribution >= 4 is 5.69 Å². The molecule has 0 aliphatic rings. The molecular formula is C17H30N2. The van der Waals surface area contributed by atoms with Crippen LogP contribution >= 0.6 is 0 Å². The first-order valence-electron chi connectivity index (χ1n) is 7.77. The minimum absolute atomic E-state index is 0.490. The van der Waals surface area contributed by atoms with E-state index >= 15 is 0 Å². The molecule has 0 aliphatic heterocycles. The van der Waals surface area contributed by atoms with Gasteiger partial charge in [0.05, 0.1) is 0 Å². The van der Waals surface area contributed by atoms with Gasteiger partial charge in [0.15, 0.2) is 0 Å². The minimum atomic E-state index is 0.490. The van der Waals surface area contributed by atoms with E-state index in [1.165, 1.54) is 30.5 Å². The minimum Gasteiger partial charge on any atom is -0.375 e. The van der Waals surface area contributed by atoms with Crippen molar-refractivity contribution in [1.82, 2.24) is 5.32 Å². The predicted octanol–water partition coefficient (Wildman–Crippen LogP) is 4.37. The van der Waals surface area contributed by atoms with Gasteiger partial charge in [-0.15, -0.1) is 0 Å². The summed E-state index contributed by atoms with van der Waals surface area (Å²) in [6.07, 6.45) is 5.03. The number of hydrogen-bond acceptors (Lipinski definition) is 2. The Labute approximate surface area is 119 Å². The topological polar surface area (TPSA) is 15.3 Å². The summed E-state index contributed by atoms with van der Waals surface area (Å²) in [5.74, 6) is 0. The number of hydrogen-bond donors (Lipinski definition) is 1. The molecule has 0 spiro atoms. The van der Waals surface area contributed by atoms with Crippen molar-refractivity contribution in [3.63, 3.8) is 0 Å². The van der Waals surface area contributed by atoms with Crippen LogP contribution in [0.1, 0.15) is 58.1 Å². The molecule has 2 heteroatoms. The van der Waals surface area contributed by atoms with Crippen LogP contribution in [0.4, 0.5) is 5.69 Å². The molecule has 0 fully saturated rings. The van der Waals surface area contributed by atoms with Crippen LogP contribution in [0.3, 0.4) is 0 Å². The SMILES string of the molecule is CCCCCN(C)c1ccc(C(CC)NCC)cc1. The Morgan fingerprint density at radius 1 is 1.05 bits per heavy atom. The molecule has 1 aromatic carbocycles. The summed E-state index contributed by atoms with van der Waals surface area (Å²) in [4.78, 5) is 2.35. The molecule has 0 saturated carbocycles. The molecule has 0 radical (unpaired) electrons. The Morgan fingerprint density at radius 2 is 1.74 bits per heavy atom. The average Bonchev–Trinajstić information content (AvgIpc) is 2.45. The maximum absolute atomic E-state index is 3.53. The van der Waals surface area contributed by atoms with Crippen LogP contribution in [0.25, 0.3) is 0 Å². The fourth-order valence-corrected chi connectivity index (χ4v) is 2.43. The number of benzene rings is 1. The van der Waals surface area contributed by atoms with E-state index in [9.17, 15) is 0 Å². The summed E-state index contributed by atoms with van der Waals surface area (Å²) < 4.78 is 0. The quantitative estimate of drug-likeness (QED) is 0.665. The summed E-state index contributed by atoms with van der Waals surface area (Å²) in [5, 5.41) is 3.53.